The van der Waals surface area contributed by atoms with Gasteiger partial charge in [0.15, 0.2) is 0 Å². The number of phenols is 1. The van der Waals surface area contributed by atoms with E-state index in [1.54, 1.807) is 0 Å². The van der Waals surface area contributed by atoms with E-state index in [4.69, 9.17) is 15.7 Å². The average Bonchev–Trinajstić information content (AvgIpc) is 2.04. The van der Waals surface area contributed by atoms with E-state index in [0.717, 1.165) is 0 Å². The highest BCUT2D eigenvalue weighted by molar-refractivity contribution is 5.46. The van der Waals surface area contributed by atoms with Gasteiger partial charge >= 0.3 is 0 Å². The first-order valence-electron chi connectivity index (χ1n) is 3.25. The summed E-state index contributed by atoms with van der Waals surface area (Å²) in [4.78, 5) is 2.55. The fourth-order valence-corrected chi connectivity index (χ4v) is 0.857. The molecule has 0 bridgehead atoms. The van der Waals surface area contributed by atoms with Crippen LogP contribution >= 0.6 is 0 Å². The minimum absolute atomic E-state index is 0.0241. The molecule has 0 saturated heterocycles. The number of aromatic hydroxyl groups is 1. The van der Waals surface area contributed by atoms with Crippen LogP contribution in [0, 0.1) is 0 Å². The summed E-state index contributed by atoms with van der Waals surface area (Å²) in [7, 11) is 0. The highest BCUT2D eigenvalue weighted by atomic mass is 16.3. The van der Waals surface area contributed by atoms with Crippen LogP contribution in [0.15, 0.2) is 23.3 Å². The number of phenolic OH excluding ortho intramolecular Hbond substituents is 1. The number of azide groups is 1. The molecule has 0 atom stereocenters. The van der Waals surface area contributed by atoms with Crippen molar-refractivity contribution in [1.29, 1.82) is 0 Å². The van der Waals surface area contributed by atoms with Gasteiger partial charge in [0, 0.05) is 10.6 Å². The normalized spacial score (nSPS) is 9.08. The molecule has 0 saturated carbocycles. The second-order valence-electron chi connectivity index (χ2n) is 2.21. The quantitative estimate of drug-likeness (QED) is 0.397. The van der Waals surface area contributed by atoms with E-state index in [1.807, 2.05) is 0 Å². The Morgan fingerprint density at radius 1 is 1.42 bits per heavy atom. The number of aliphatic hydroxyl groups excluding tert-OH is 1. The predicted molar refractivity (Wildman–Crippen MR) is 42.8 cm³/mol. The first-order chi connectivity index (χ1) is 5.76. The zero-order valence-electron chi connectivity index (χ0n) is 6.18. The summed E-state index contributed by atoms with van der Waals surface area (Å²) in [5.74, 6) is -0.0241. The third-order valence-corrected chi connectivity index (χ3v) is 1.31. The smallest absolute Gasteiger partial charge is 0.116 e. The van der Waals surface area contributed by atoms with Gasteiger partial charge in [0.05, 0.1) is 6.61 Å². The molecule has 0 aromatic heterocycles. The van der Waals surface area contributed by atoms with Gasteiger partial charge in [0.25, 0.3) is 0 Å². The van der Waals surface area contributed by atoms with Crippen molar-refractivity contribution in [1.82, 2.24) is 0 Å². The molecule has 0 aliphatic rings. The summed E-state index contributed by atoms with van der Waals surface area (Å²) in [5.41, 5.74) is 8.89. The number of rotatable bonds is 2. The van der Waals surface area contributed by atoms with Gasteiger partial charge in [-0.15, -0.1) is 0 Å². The van der Waals surface area contributed by atoms with Gasteiger partial charge in [-0.2, -0.15) is 0 Å². The van der Waals surface area contributed by atoms with Crippen LogP contribution in [0.3, 0.4) is 0 Å². The molecule has 0 amide bonds. The number of hydrogen-bond donors (Lipinski definition) is 2. The lowest BCUT2D eigenvalue weighted by atomic mass is 10.2. The van der Waals surface area contributed by atoms with Gasteiger partial charge in [-0.1, -0.05) is 5.11 Å². The maximum atomic E-state index is 9.06. The van der Waals surface area contributed by atoms with E-state index in [9.17, 15) is 0 Å². The average molecular weight is 165 g/mol. The molecular weight excluding hydrogens is 158 g/mol. The van der Waals surface area contributed by atoms with E-state index in [2.05, 4.69) is 10.0 Å². The second-order valence-corrected chi connectivity index (χ2v) is 2.21. The van der Waals surface area contributed by atoms with Gasteiger partial charge < -0.3 is 10.2 Å². The van der Waals surface area contributed by atoms with Gasteiger partial charge in [-0.25, -0.2) is 0 Å². The molecule has 0 unspecified atom stereocenters. The fourth-order valence-electron chi connectivity index (χ4n) is 0.857. The lowest BCUT2D eigenvalue weighted by Gasteiger charge is -1.98. The zero-order chi connectivity index (χ0) is 8.97. The lowest BCUT2D eigenvalue weighted by Crippen LogP contribution is -1.80. The van der Waals surface area contributed by atoms with Gasteiger partial charge in [-0.05, 0) is 29.3 Å². The molecule has 5 heteroatoms. The highest BCUT2D eigenvalue weighted by Crippen LogP contribution is 2.22. The zero-order valence-corrected chi connectivity index (χ0v) is 6.18. The SMILES string of the molecule is [N-]=[N+]=Nc1cc(O)cc(CO)c1. The number of aliphatic hydroxyl groups is 1. The standard InChI is InChI=1S/C7H7N3O2/c8-10-9-6-1-5(4-11)2-7(12)3-6/h1-3,11-12H,4H2. The number of benzene rings is 1. The Labute approximate surface area is 68.5 Å². The van der Waals surface area contributed by atoms with E-state index < -0.39 is 0 Å². The largest absolute Gasteiger partial charge is 0.508 e. The number of nitrogens with zero attached hydrogens (tertiary/aromatic N) is 3. The van der Waals surface area contributed by atoms with Crippen molar-refractivity contribution >= 4 is 5.69 Å². The van der Waals surface area contributed by atoms with E-state index in [1.165, 1.54) is 18.2 Å². The van der Waals surface area contributed by atoms with Crippen LogP contribution in [0.2, 0.25) is 0 Å². The number of hydrogen-bond acceptors (Lipinski definition) is 3. The Kier molecular flexibility index (Phi) is 2.53. The molecule has 62 valence electrons. The topological polar surface area (TPSA) is 89.2 Å². The predicted octanol–water partition coefficient (Wildman–Crippen LogP) is 1.83. The molecular formula is C7H7N3O2. The van der Waals surface area contributed by atoms with E-state index in [0.29, 0.717) is 11.3 Å². The van der Waals surface area contributed by atoms with Crippen LogP contribution < -0.4 is 0 Å². The summed E-state index contributed by atoms with van der Waals surface area (Å²) < 4.78 is 0. The molecule has 5 nitrogen and oxygen atoms in total. The Balaban J connectivity index is 3.14. The molecule has 12 heavy (non-hydrogen) atoms. The Bertz CT molecular complexity index is 331. The Hall–Kier alpha value is -1.71. The van der Waals surface area contributed by atoms with Gasteiger partial charge in [-0.3, -0.25) is 0 Å². The van der Waals surface area contributed by atoms with E-state index in [-0.39, 0.29) is 12.4 Å². The first kappa shape index (κ1) is 8.39. The lowest BCUT2D eigenvalue weighted by molar-refractivity contribution is 0.281. The Morgan fingerprint density at radius 3 is 2.75 bits per heavy atom. The van der Waals surface area contributed by atoms with Crippen molar-refractivity contribution in [3.05, 3.63) is 34.2 Å². The maximum Gasteiger partial charge on any atom is 0.116 e. The third kappa shape index (κ3) is 1.88. The Morgan fingerprint density at radius 2 is 2.17 bits per heavy atom. The van der Waals surface area contributed by atoms with Crippen LogP contribution in [0.5, 0.6) is 5.75 Å². The maximum absolute atomic E-state index is 9.06. The van der Waals surface area contributed by atoms with Crippen molar-refractivity contribution in [2.45, 2.75) is 6.61 Å². The molecule has 2 N–H and O–H groups in total. The summed E-state index contributed by atoms with van der Waals surface area (Å²) in [5, 5.41) is 21.1. The van der Waals surface area contributed by atoms with Gasteiger partial charge in [0.2, 0.25) is 0 Å². The molecule has 1 aromatic rings. The third-order valence-electron chi connectivity index (χ3n) is 1.31. The molecule has 0 aliphatic carbocycles. The summed E-state index contributed by atoms with van der Waals surface area (Å²) >= 11 is 0. The first-order valence-corrected chi connectivity index (χ1v) is 3.25. The van der Waals surface area contributed by atoms with Gasteiger partial charge in [0.1, 0.15) is 5.75 Å². The molecule has 0 aliphatic heterocycles. The van der Waals surface area contributed by atoms with Crippen LogP contribution in [0.25, 0.3) is 10.4 Å². The van der Waals surface area contributed by atoms with Crippen molar-refractivity contribution in [2.24, 2.45) is 5.11 Å². The molecule has 0 fully saturated rings. The minimum Gasteiger partial charge on any atom is -0.508 e. The van der Waals surface area contributed by atoms with Crippen LogP contribution in [0.4, 0.5) is 5.69 Å². The van der Waals surface area contributed by atoms with Crippen molar-refractivity contribution in [3.8, 4) is 5.75 Å². The minimum atomic E-state index is -0.192. The second kappa shape index (κ2) is 3.61. The molecule has 0 spiro atoms. The summed E-state index contributed by atoms with van der Waals surface area (Å²) in [6, 6.07) is 4.22. The molecule has 0 radical (unpaired) electrons. The van der Waals surface area contributed by atoms with Crippen molar-refractivity contribution in [3.63, 3.8) is 0 Å². The summed E-state index contributed by atoms with van der Waals surface area (Å²) in [6.45, 7) is -0.192. The van der Waals surface area contributed by atoms with Crippen molar-refractivity contribution in [2.75, 3.05) is 0 Å². The van der Waals surface area contributed by atoms with Crippen LogP contribution in [-0.2, 0) is 6.61 Å². The fraction of sp³-hybridized carbons (Fsp3) is 0.143. The highest BCUT2D eigenvalue weighted by Gasteiger charge is 1.96. The van der Waals surface area contributed by atoms with Crippen LogP contribution in [-0.4, -0.2) is 10.2 Å². The monoisotopic (exact) mass is 165 g/mol. The molecule has 0 heterocycles. The molecule has 1 rings (SSSR count). The van der Waals surface area contributed by atoms with Crippen molar-refractivity contribution < 1.29 is 10.2 Å². The van der Waals surface area contributed by atoms with Crippen LogP contribution in [0.1, 0.15) is 5.56 Å². The summed E-state index contributed by atoms with van der Waals surface area (Å²) in [6.07, 6.45) is 0. The molecule has 1 aromatic carbocycles. The van der Waals surface area contributed by atoms with E-state index >= 15 is 0 Å².